The third-order valence-electron chi connectivity index (χ3n) is 5.39. The lowest BCUT2D eigenvalue weighted by Crippen LogP contribution is -2.32. The summed E-state index contributed by atoms with van der Waals surface area (Å²) in [6.07, 6.45) is 0. The highest BCUT2D eigenvalue weighted by Gasteiger charge is 2.24. The van der Waals surface area contributed by atoms with Gasteiger partial charge >= 0.3 is 5.63 Å². The van der Waals surface area contributed by atoms with Gasteiger partial charge in [0.1, 0.15) is 11.3 Å². The van der Waals surface area contributed by atoms with E-state index in [1.807, 2.05) is 37.3 Å². The highest BCUT2D eigenvalue weighted by atomic mass is 79.9. The fraction of sp³-hybridized carbons (Fsp3) is 0.174. The van der Waals surface area contributed by atoms with Crippen molar-refractivity contribution in [3.63, 3.8) is 0 Å². The van der Waals surface area contributed by atoms with Gasteiger partial charge in [-0.05, 0) is 55.1 Å². The fourth-order valence-corrected chi connectivity index (χ4v) is 4.54. The van der Waals surface area contributed by atoms with Crippen LogP contribution in [0.3, 0.4) is 0 Å². The van der Waals surface area contributed by atoms with E-state index < -0.39 is 0 Å². The molecule has 0 spiro atoms. The molecule has 0 atom stereocenters. The largest absolute Gasteiger partial charge is 0.472 e. The van der Waals surface area contributed by atoms with E-state index in [4.69, 9.17) is 9.15 Å². The van der Waals surface area contributed by atoms with E-state index in [0.29, 0.717) is 17.7 Å². The predicted molar refractivity (Wildman–Crippen MR) is 115 cm³/mol. The summed E-state index contributed by atoms with van der Waals surface area (Å²) in [5, 5.41) is 2.47. The lowest BCUT2D eigenvalue weighted by molar-refractivity contribution is 0.287. The fourth-order valence-electron chi connectivity index (χ4n) is 4.07. The number of nitrogens with zero attached hydrogens (tertiary/aromatic N) is 1. The molecule has 4 nitrogen and oxygen atoms in total. The van der Waals surface area contributed by atoms with Crippen LogP contribution < -0.4 is 15.3 Å². The van der Waals surface area contributed by atoms with Crippen LogP contribution in [0.4, 0.5) is 5.69 Å². The summed E-state index contributed by atoms with van der Waals surface area (Å²) in [6, 6.07) is 16.0. The zero-order chi connectivity index (χ0) is 19.4. The van der Waals surface area contributed by atoms with Crippen molar-refractivity contribution < 1.29 is 9.15 Å². The third-order valence-corrected chi connectivity index (χ3v) is 5.89. The average molecular weight is 436 g/mol. The van der Waals surface area contributed by atoms with Crippen LogP contribution >= 0.6 is 15.9 Å². The Morgan fingerprint density at radius 2 is 1.79 bits per heavy atom. The summed E-state index contributed by atoms with van der Waals surface area (Å²) < 4.78 is 12.8. The smallest absolute Gasteiger partial charge is 0.344 e. The first-order valence-electron chi connectivity index (χ1n) is 9.15. The Morgan fingerprint density at radius 3 is 2.57 bits per heavy atom. The molecule has 0 N–H and O–H groups in total. The van der Waals surface area contributed by atoms with Crippen molar-refractivity contribution in [3.05, 3.63) is 80.1 Å². The van der Waals surface area contributed by atoms with E-state index in [-0.39, 0.29) is 5.63 Å². The molecule has 0 bridgehead atoms. The number of ether oxygens (including phenoxy) is 1. The van der Waals surface area contributed by atoms with E-state index >= 15 is 0 Å². The van der Waals surface area contributed by atoms with Crippen molar-refractivity contribution in [2.24, 2.45) is 0 Å². The number of anilines is 1. The molecule has 5 rings (SSSR count). The lowest BCUT2D eigenvalue weighted by atomic mass is 9.99. The number of rotatable bonds is 1. The quantitative estimate of drug-likeness (QED) is 0.284. The summed E-state index contributed by atoms with van der Waals surface area (Å²) in [4.78, 5) is 14.6. The number of hydrogen-bond donors (Lipinski definition) is 0. The van der Waals surface area contributed by atoms with Gasteiger partial charge in [0.15, 0.2) is 6.73 Å². The van der Waals surface area contributed by atoms with Gasteiger partial charge in [-0.15, -0.1) is 0 Å². The van der Waals surface area contributed by atoms with Gasteiger partial charge in [-0.2, -0.15) is 0 Å². The van der Waals surface area contributed by atoms with Crippen LogP contribution in [-0.4, -0.2) is 6.73 Å². The maximum Gasteiger partial charge on any atom is 0.344 e. The molecule has 0 unspecified atom stereocenters. The molecule has 1 aromatic heterocycles. The molecule has 0 fully saturated rings. The summed E-state index contributed by atoms with van der Waals surface area (Å²) in [5.41, 5.74) is 4.61. The topological polar surface area (TPSA) is 42.7 Å². The Labute approximate surface area is 170 Å². The first kappa shape index (κ1) is 17.3. The van der Waals surface area contributed by atoms with Gasteiger partial charge < -0.3 is 14.1 Å². The van der Waals surface area contributed by atoms with Crippen LogP contribution in [-0.2, 0) is 6.54 Å². The van der Waals surface area contributed by atoms with Crippen LogP contribution in [0.1, 0.15) is 16.7 Å². The van der Waals surface area contributed by atoms with Crippen molar-refractivity contribution in [1.82, 2.24) is 0 Å². The van der Waals surface area contributed by atoms with Crippen molar-refractivity contribution in [2.45, 2.75) is 20.4 Å². The lowest BCUT2D eigenvalue weighted by Gasteiger charge is -2.33. The predicted octanol–water partition coefficient (Wildman–Crippen LogP) is 5.68. The third kappa shape index (κ3) is 2.61. The molecule has 0 aliphatic carbocycles. The normalized spacial score (nSPS) is 13.6. The van der Waals surface area contributed by atoms with Crippen LogP contribution in [0.5, 0.6) is 5.75 Å². The highest BCUT2D eigenvalue weighted by Crippen LogP contribution is 2.38. The average Bonchev–Trinajstić information content (AvgIpc) is 2.69. The molecule has 4 aromatic rings. The Kier molecular flexibility index (Phi) is 3.95. The summed E-state index contributed by atoms with van der Waals surface area (Å²) in [6.45, 7) is 5.25. The van der Waals surface area contributed by atoms with E-state index in [9.17, 15) is 4.79 Å². The van der Waals surface area contributed by atoms with Gasteiger partial charge in [-0.25, -0.2) is 4.79 Å². The minimum atomic E-state index is -0.311. The van der Waals surface area contributed by atoms with Crippen molar-refractivity contribution in [3.8, 4) is 5.75 Å². The molecular formula is C23H18BrNO3. The number of fused-ring (bicyclic) bond motifs is 4. The minimum Gasteiger partial charge on any atom is -0.472 e. The van der Waals surface area contributed by atoms with Crippen LogP contribution in [0.15, 0.2) is 62.2 Å². The molecule has 0 amide bonds. The van der Waals surface area contributed by atoms with Crippen LogP contribution in [0, 0.1) is 13.8 Å². The van der Waals surface area contributed by atoms with E-state index in [2.05, 4.69) is 46.0 Å². The summed E-state index contributed by atoms with van der Waals surface area (Å²) in [5.74, 6) is 0.817. The van der Waals surface area contributed by atoms with E-state index in [1.54, 1.807) is 0 Å². The van der Waals surface area contributed by atoms with E-state index in [0.717, 1.165) is 44.4 Å². The summed E-state index contributed by atoms with van der Waals surface area (Å²) in [7, 11) is 0. The van der Waals surface area contributed by atoms with Crippen LogP contribution in [0.2, 0.25) is 0 Å². The first-order valence-corrected chi connectivity index (χ1v) is 9.94. The van der Waals surface area contributed by atoms with Gasteiger partial charge in [-0.3, -0.25) is 0 Å². The molecule has 3 aromatic carbocycles. The maximum absolute atomic E-state index is 12.4. The monoisotopic (exact) mass is 435 g/mol. The molecule has 2 heterocycles. The van der Waals surface area contributed by atoms with Gasteiger partial charge in [0.2, 0.25) is 0 Å². The van der Waals surface area contributed by atoms with Gasteiger partial charge in [-0.1, -0.05) is 34.1 Å². The Morgan fingerprint density at radius 1 is 1.00 bits per heavy atom. The molecule has 0 saturated heterocycles. The molecule has 1 aliphatic rings. The van der Waals surface area contributed by atoms with Gasteiger partial charge in [0.25, 0.3) is 0 Å². The minimum absolute atomic E-state index is 0.311. The molecule has 28 heavy (non-hydrogen) atoms. The molecule has 1 aliphatic heterocycles. The number of benzene rings is 3. The number of aryl methyl sites for hydroxylation is 2. The molecular weight excluding hydrogens is 418 g/mol. The molecule has 0 radical (unpaired) electrons. The highest BCUT2D eigenvalue weighted by molar-refractivity contribution is 9.10. The Balaban J connectivity index is 1.69. The second-order valence-electron chi connectivity index (χ2n) is 7.20. The van der Waals surface area contributed by atoms with Crippen molar-refractivity contribution >= 4 is 43.4 Å². The molecule has 0 saturated carbocycles. The van der Waals surface area contributed by atoms with Crippen molar-refractivity contribution in [1.29, 1.82) is 0 Å². The summed E-state index contributed by atoms with van der Waals surface area (Å²) >= 11 is 3.53. The van der Waals surface area contributed by atoms with Crippen molar-refractivity contribution in [2.75, 3.05) is 11.6 Å². The number of halogens is 1. The Bertz CT molecular complexity index is 1310. The number of hydrogen-bond acceptors (Lipinski definition) is 4. The van der Waals surface area contributed by atoms with Crippen LogP contribution in [0.25, 0.3) is 21.7 Å². The molecule has 5 heteroatoms. The second kappa shape index (κ2) is 6.38. The van der Waals surface area contributed by atoms with Gasteiger partial charge in [0, 0.05) is 33.2 Å². The first-order chi connectivity index (χ1) is 13.5. The SMILES string of the molecule is Cc1cc(Br)ccc1N1COc2c(cc3c(oc(=O)c4ccccc43)c2C)C1. The zero-order valence-corrected chi connectivity index (χ0v) is 17.2. The van der Waals surface area contributed by atoms with E-state index in [1.165, 1.54) is 5.56 Å². The maximum atomic E-state index is 12.4. The standard InChI is InChI=1S/C23H18BrNO3/c1-13-9-16(24)7-8-20(13)25-11-15-10-19-17-5-3-4-6-18(17)23(26)28-22(19)14(2)21(15)27-12-25/h3-10H,11-12H2,1-2H3. The molecule has 140 valence electrons. The Hall–Kier alpha value is -2.79. The second-order valence-corrected chi connectivity index (χ2v) is 8.12. The zero-order valence-electron chi connectivity index (χ0n) is 15.6. The van der Waals surface area contributed by atoms with Gasteiger partial charge in [0.05, 0.1) is 5.39 Å².